The van der Waals surface area contributed by atoms with Crippen LogP contribution in [0, 0.1) is 0 Å². The van der Waals surface area contributed by atoms with E-state index in [4.69, 9.17) is 21.8 Å². The smallest absolute Gasteiger partial charge is 0.153 e. The highest BCUT2D eigenvalue weighted by Gasteiger charge is 2.08. The normalized spacial score (nSPS) is 10.9. The van der Waals surface area contributed by atoms with E-state index in [1.807, 2.05) is 48.5 Å². The summed E-state index contributed by atoms with van der Waals surface area (Å²) in [6.07, 6.45) is 0. The summed E-state index contributed by atoms with van der Waals surface area (Å²) in [6, 6.07) is 15.3. The second-order valence-corrected chi connectivity index (χ2v) is 4.30. The molecule has 0 aliphatic carbocycles. The molecule has 1 aromatic heterocycles. The van der Waals surface area contributed by atoms with E-state index in [0.29, 0.717) is 5.02 Å². The molecule has 3 rings (SSSR count). The van der Waals surface area contributed by atoms with Gasteiger partial charge in [0.05, 0.1) is 5.02 Å². The van der Waals surface area contributed by atoms with Crippen molar-refractivity contribution >= 4 is 28.3 Å². The number of halogens is 1. The van der Waals surface area contributed by atoms with Gasteiger partial charge in [-0.05, 0) is 36.4 Å². The van der Waals surface area contributed by atoms with E-state index in [1.165, 1.54) is 0 Å². The maximum absolute atomic E-state index is 6.07. The molecule has 0 aliphatic heterocycles. The molecule has 2 N–H and O–H groups in total. The largest absolute Gasteiger partial charge is 0.455 e. The lowest BCUT2D eigenvalue weighted by Gasteiger charge is -1.96. The fraction of sp³-hybridized carbons (Fsp3) is 0. The van der Waals surface area contributed by atoms with Crippen molar-refractivity contribution in [2.45, 2.75) is 0 Å². The Morgan fingerprint density at radius 2 is 1.76 bits per heavy atom. The lowest BCUT2D eigenvalue weighted by atomic mass is 10.1. The van der Waals surface area contributed by atoms with Crippen LogP contribution in [0.4, 0.5) is 5.69 Å². The van der Waals surface area contributed by atoms with Crippen LogP contribution in [0.5, 0.6) is 0 Å². The molecule has 0 saturated carbocycles. The predicted molar refractivity (Wildman–Crippen MR) is 71.1 cm³/mol. The third-order valence-electron chi connectivity index (χ3n) is 2.69. The minimum absolute atomic E-state index is 0.629. The average molecular weight is 244 g/mol. The first kappa shape index (κ1) is 10.2. The lowest BCUT2D eigenvalue weighted by molar-refractivity contribution is 0.632. The molecule has 0 radical (unpaired) electrons. The summed E-state index contributed by atoms with van der Waals surface area (Å²) < 4.78 is 5.75. The SMILES string of the molecule is Nc1ccc(-c2cc3cccc(Cl)c3o2)cc1. The van der Waals surface area contributed by atoms with Gasteiger partial charge in [0.25, 0.3) is 0 Å². The van der Waals surface area contributed by atoms with Crippen LogP contribution < -0.4 is 5.73 Å². The van der Waals surface area contributed by atoms with Gasteiger partial charge in [-0.15, -0.1) is 0 Å². The van der Waals surface area contributed by atoms with E-state index in [9.17, 15) is 0 Å². The lowest BCUT2D eigenvalue weighted by Crippen LogP contribution is -1.82. The topological polar surface area (TPSA) is 39.2 Å². The first-order valence-corrected chi connectivity index (χ1v) is 5.66. The van der Waals surface area contributed by atoms with Crippen molar-refractivity contribution in [1.82, 2.24) is 0 Å². The third-order valence-corrected chi connectivity index (χ3v) is 2.99. The Morgan fingerprint density at radius 1 is 1.00 bits per heavy atom. The average Bonchev–Trinajstić information content (AvgIpc) is 2.75. The van der Waals surface area contributed by atoms with Crippen LogP contribution in [-0.4, -0.2) is 0 Å². The molecule has 0 aliphatic rings. The van der Waals surface area contributed by atoms with Crippen molar-refractivity contribution < 1.29 is 4.42 Å². The molecule has 0 saturated heterocycles. The number of anilines is 1. The van der Waals surface area contributed by atoms with Crippen molar-refractivity contribution in [1.29, 1.82) is 0 Å². The summed E-state index contributed by atoms with van der Waals surface area (Å²) in [4.78, 5) is 0. The minimum Gasteiger partial charge on any atom is -0.455 e. The molecule has 1 heterocycles. The number of hydrogen-bond donors (Lipinski definition) is 1. The van der Waals surface area contributed by atoms with E-state index in [1.54, 1.807) is 0 Å². The number of rotatable bonds is 1. The second kappa shape index (κ2) is 3.82. The van der Waals surface area contributed by atoms with Gasteiger partial charge in [0, 0.05) is 16.6 Å². The van der Waals surface area contributed by atoms with E-state index in [0.717, 1.165) is 28.0 Å². The van der Waals surface area contributed by atoms with E-state index < -0.39 is 0 Å². The fourth-order valence-electron chi connectivity index (χ4n) is 1.82. The van der Waals surface area contributed by atoms with Crippen LogP contribution in [0.15, 0.2) is 52.9 Å². The first-order valence-electron chi connectivity index (χ1n) is 5.28. The van der Waals surface area contributed by atoms with Crippen LogP contribution in [0.1, 0.15) is 0 Å². The molecule has 0 atom stereocenters. The summed E-state index contributed by atoms with van der Waals surface area (Å²) in [5, 5.41) is 1.63. The van der Waals surface area contributed by atoms with Crippen LogP contribution in [0.2, 0.25) is 5.02 Å². The minimum atomic E-state index is 0.629. The highest BCUT2D eigenvalue weighted by atomic mass is 35.5. The molecule has 3 aromatic rings. The van der Waals surface area contributed by atoms with Gasteiger partial charge < -0.3 is 10.2 Å². The number of furan rings is 1. The van der Waals surface area contributed by atoms with Gasteiger partial charge in [-0.25, -0.2) is 0 Å². The molecule has 0 unspecified atom stereocenters. The quantitative estimate of drug-likeness (QED) is 0.646. The van der Waals surface area contributed by atoms with Gasteiger partial charge >= 0.3 is 0 Å². The first-order chi connectivity index (χ1) is 8.24. The van der Waals surface area contributed by atoms with E-state index in [-0.39, 0.29) is 0 Å². The molecule has 17 heavy (non-hydrogen) atoms. The van der Waals surface area contributed by atoms with Crippen molar-refractivity contribution in [2.75, 3.05) is 5.73 Å². The zero-order chi connectivity index (χ0) is 11.8. The third kappa shape index (κ3) is 1.77. The maximum Gasteiger partial charge on any atom is 0.153 e. The summed E-state index contributed by atoms with van der Waals surface area (Å²) >= 11 is 6.07. The molecule has 0 spiro atoms. The summed E-state index contributed by atoms with van der Waals surface area (Å²) in [6.45, 7) is 0. The molecule has 84 valence electrons. The Hall–Kier alpha value is -1.93. The number of nitrogen functional groups attached to an aromatic ring is 1. The highest BCUT2D eigenvalue weighted by Crippen LogP contribution is 2.32. The molecule has 0 amide bonds. The van der Waals surface area contributed by atoms with Crippen LogP contribution >= 0.6 is 11.6 Å². The molecular weight excluding hydrogens is 234 g/mol. The maximum atomic E-state index is 6.07. The Morgan fingerprint density at radius 3 is 2.47 bits per heavy atom. The van der Waals surface area contributed by atoms with Gasteiger partial charge in [-0.2, -0.15) is 0 Å². The Balaban J connectivity index is 2.18. The standard InChI is InChI=1S/C14H10ClNO/c15-12-3-1-2-10-8-13(17-14(10)12)9-4-6-11(16)7-5-9/h1-8H,16H2. The number of para-hydroxylation sites is 1. The van der Waals surface area contributed by atoms with Gasteiger partial charge in [0.1, 0.15) is 5.76 Å². The summed E-state index contributed by atoms with van der Waals surface area (Å²) in [5.41, 5.74) is 8.11. The molecular formula is C14H10ClNO. The monoisotopic (exact) mass is 243 g/mol. The van der Waals surface area contributed by atoms with E-state index >= 15 is 0 Å². The van der Waals surface area contributed by atoms with Gasteiger partial charge in [-0.3, -0.25) is 0 Å². The molecule has 0 fully saturated rings. The van der Waals surface area contributed by atoms with Gasteiger partial charge in [0.2, 0.25) is 0 Å². The zero-order valence-electron chi connectivity index (χ0n) is 8.98. The fourth-order valence-corrected chi connectivity index (χ4v) is 2.04. The zero-order valence-corrected chi connectivity index (χ0v) is 9.74. The Labute approximate surface area is 104 Å². The predicted octanol–water partition coefficient (Wildman–Crippen LogP) is 4.34. The molecule has 2 aromatic carbocycles. The van der Waals surface area contributed by atoms with Gasteiger partial charge in [0.15, 0.2) is 5.58 Å². The summed E-state index contributed by atoms with van der Waals surface area (Å²) in [5.74, 6) is 0.799. The number of fused-ring (bicyclic) bond motifs is 1. The Kier molecular flexibility index (Phi) is 2.30. The molecule has 0 bridgehead atoms. The number of hydrogen-bond acceptors (Lipinski definition) is 2. The second-order valence-electron chi connectivity index (χ2n) is 3.89. The number of nitrogens with two attached hydrogens (primary N) is 1. The van der Waals surface area contributed by atoms with Crippen molar-refractivity contribution in [3.8, 4) is 11.3 Å². The van der Waals surface area contributed by atoms with Crippen LogP contribution in [0.3, 0.4) is 0 Å². The van der Waals surface area contributed by atoms with Crippen LogP contribution in [0.25, 0.3) is 22.3 Å². The van der Waals surface area contributed by atoms with Crippen molar-refractivity contribution in [2.24, 2.45) is 0 Å². The van der Waals surface area contributed by atoms with E-state index in [2.05, 4.69) is 0 Å². The van der Waals surface area contributed by atoms with Crippen molar-refractivity contribution in [3.05, 3.63) is 53.6 Å². The molecule has 3 heteroatoms. The van der Waals surface area contributed by atoms with Gasteiger partial charge in [-0.1, -0.05) is 23.7 Å². The van der Waals surface area contributed by atoms with Crippen molar-refractivity contribution in [3.63, 3.8) is 0 Å². The highest BCUT2D eigenvalue weighted by molar-refractivity contribution is 6.34. The number of benzene rings is 2. The Bertz CT molecular complexity index is 670. The van der Waals surface area contributed by atoms with Crippen LogP contribution in [-0.2, 0) is 0 Å². The summed E-state index contributed by atoms with van der Waals surface area (Å²) in [7, 11) is 0. The molecule has 2 nitrogen and oxygen atoms in total.